The standard InChI is InChI=1S/C21H24N2O4S/c1-21(2,3)27-20(26)17(22)13-8-6-10-15-19(13)28-18-12(11-16(24)25)7-5-9-14(18)23(15)4/h5-10,17H,11,22H2,1-4H3,(H,24,25). The smallest absolute Gasteiger partial charge is 0.328 e. The maximum atomic E-state index is 12.5. The lowest BCUT2D eigenvalue weighted by atomic mass is 10.0. The largest absolute Gasteiger partial charge is 0.481 e. The molecule has 2 aromatic carbocycles. The predicted octanol–water partition coefficient (Wildman–Crippen LogP) is 3.89. The third kappa shape index (κ3) is 4.00. The average molecular weight is 401 g/mol. The lowest BCUT2D eigenvalue weighted by Gasteiger charge is -2.33. The highest BCUT2D eigenvalue weighted by Gasteiger charge is 2.31. The Morgan fingerprint density at radius 1 is 1.14 bits per heavy atom. The topological polar surface area (TPSA) is 92.9 Å². The van der Waals surface area contributed by atoms with Gasteiger partial charge in [0.1, 0.15) is 11.6 Å². The molecule has 0 aliphatic carbocycles. The monoisotopic (exact) mass is 400 g/mol. The van der Waals surface area contributed by atoms with Crippen LogP contribution in [0.4, 0.5) is 11.4 Å². The van der Waals surface area contributed by atoms with E-state index in [0.717, 1.165) is 26.7 Å². The van der Waals surface area contributed by atoms with Crippen molar-refractivity contribution in [3.63, 3.8) is 0 Å². The van der Waals surface area contributed by atoms with Gasteiger partial charge in [0.2, 0.25) is 0 Å². The van der Waals surface area contributed by atoms with Crippen molar-refractivity contribution in [1.29, 1.82) is 0 Å². The van der Waals surface area contributed by atoms with Crippen molar-refractivity contribution in [3.8, 4) is 0 Å². The van der Waals surface area contributed by atoms with E-state index >= 15 is 0 Å². The fourth-order valence-corrected chi connectivity index (χ4v) is 4.55. The number of aliphatic carboxylic acids is 1. The van der Waals surface area contributed by atoms with Crippen molar-refractivity contribution in [2.24, 2.45) is 5.73 Å². The second-order valence-electron chi connectivity index (χ2n) is 7.70. The highest BCUT2D eigenvalue weighted by atomic mass is 32.2. The van der Waals surface area contributed by atoms with Crippen molar-refractivity contribution in [1.82, 2.24) is 0 Å². The van der Waals surface area contributed by atoms with Gasteiger partial charge in [-0.05, 0) is 44.0 Å². The van der Waals surface area contributed by atoms with E-state index in [4.69, 9.17) is 10.5 Å². The number of carboxylic acids is 1. The van der Waals surface area contributed by atoms with Crippen molar-refractivity contribution in [2.45, 2.75) is 48.6 Å². The molecule has 3 N–H and O–H groups in total. The van der Waals surface area contributed by atoms with Crippen molar-refractivity contribution < 1.29 is 19.4 Å². The van der Waals surface area contributed by atoms with Gasteiger partial charge in [-0.3, -0.25) is 4.79 Å². The second kappa shape index (κ2) is 7.48. The highest BCUT2D eigenvalue weighted by molar-refractivity contribution is 7.99. The van der Waals surface area contributed by atoms with Crippen LogP contribution in [0.3, 0.4) is 0 Å². The molecule has 1 aliphatic heterocycles. The fraction of sp³-hybridized carbons (Fsp3) is 0.333. The Kier molecular flexibility index (Phi) is 5.41. The quantitative estimate of drug-likeness (QED) is 0.752. The summed E-state index contributed by atoms with van der Waals surface area (Å²) >= 11 is 1.45. The van der Waals surface area contributed by atoms with E-state index < -0.39 is 23.6 Å². The molecule has 6 nitrogen and oxygen atoms in total. The van der Waals surface area contributed by atoms with Crippen LogP contribution >= 0.6 is 11.8 Å². The molecule has 1 unspecified atom stereocenters. The summed E-state index contributed by atoms with van der Waals surface area (Å²) in [5, 5.41) is 9.25. The van der Waals surface area contributed by atoms with Gasteiger partial charge in [0.05, 0.1) is 17.8 Å². The molecule has 0 amide bonds. The molecule has 0 spiro atoms. The minimum Gasteiger partial charge on any atom is -0.481 e. The van der Waals surface area contributed by atoms with Crippen LogP contribution in [0.1, 0.15) is 37.9 Å². The van der Waals surface area contributed by atoms with Gasteiger partial charge in [-0.25, -0.2) is 4.79 Å². The normalized spacial score (nSPS) is 14.1. The Hall–Kier alpha value is -2.51. The third-order valence-corrected chi connectivity index (χ3v) is 5.69. The Balaban J connectivity index is 2.04. The van der Waals surface area contributed by atoms with Crippen LogP contribution in [-0.4, -0.2) is 29.7 Å². The summed E-state index contributed by atoms with van der Waals surface area (Å²) in [6.07, 6.45) is -0.0698. The molecule has 1 atom stereocenters. The molecular weight excluding hydrogens is 376 g/mol. The van der Waals surface area contributed by atoms with Crippen LogP contribution in [0.15, 0.2) is 46.2 Å². The summed E-state index contributed by atoms with van der Waals surface area (Å²) in [6.45, 7) is 5.40. The van der Waals surface area contributed by atoms with Crippen LogP contribution in [0.2, 0.25) is 0 Å². The first-order valence-corrected chi connectivity index (χ1v) is 9.77. The lowest BCUT2D eigenvalue weighted by Crippen LogP contribution is -2.32. The SMILES string of the molecule is CN1c2cccc(CC(=O)O)c2Sc2c(C(N)C(=O)OC(C)(C)C)cccc21. The van der Waals surface area contributed by atoms with Gasteiger partial charge in [-0.1, -0.05) is 36.0 Å². The van der Waals surface area contributed by atoms with E-state index in [1.54, 1.807) is 20.8 Å². The Morgan fingerprint density at radius 2 is 1.75 bits per heavy atom. The summed E-state index contributed by atoms with van der Waals surface area (Å²) in [5.74, 6) is -1.38. The Labute approximate surface area is 168 Å². The minimum absolute atomic E-state index is 0.0698. The first-order valence-electron chi connectivity index (χ1n) is 8.95. The van der Waals surface area contributed by atoms with Crippen molar-refractivity contribution >= 4 is 35.1 Å². The lowest BCUT2D eigenvalue weighted by molar-refractivity contribution is -0.156. The van der Waals surface area contributed by atoms with Crippen LogP contribution in [0.25, 0.3) is 0 Å². The van der Waals surface area contributed by atoms with Crippen LogP contribution in [0.5, 0.6) is 0 Å². The molecule has 1 heterocycles. The molecule has 0 bridgehead atoms. The van der Waals surface area contributed by atoms with Gasteiger partial charge in [0.25, 0.3) is 0 Å². The van der Waals surface area contributed by atoms with Gasteiger partial charge in [-0.2, -0.15) is 0 Å². The number of fused-ring (bicyclic) bond motifs is 2. The van der Waals surface area contributed by atoms with Gasteiger partial charge >= 0.3 is 11.9 Å². The molecule has 148 valence electrons. The summed E-state index contributed by atoms with van der Waals surface area (Å²) < 4.78 is 5.45. The predicted molar refractivity (Wildman–Crippen MR) is 109 cm³/mol. The number of ether oxygens (including phenoxy) is 1. The first-order chi connectivity index (χ1) is 13.1. The maximum absolute atomic E-state index is 12.5. The summed E-state index contributed by atoms with van der Waals surface area (Å²) in [6, 6.07) is 10.3. The zero-order valence-electron chi connectivity index (χ0n) is 16.4. The first kappa shape index (κ1) is 20.2. The number of anilines is 2. The number of carbonyl (C=O) groups is 2. The molecular formula is C21H24N2O4S. The number of nitrogens with zero attached hydrogens (tertiary/aromatic N) is 1. The number of carboxylic acid groups (broad SMARTS) is 1. The number of rotatable bonds is 4. The van der Waals surface area contributed by atoms with E-state index in [0.29, 0.717) is 5.56 Å². The van der Waals surface area contributed by atoms with Gasteiger partial charge in [0.15, 0.2) is 0 Å². The van der Waals surface area contributed by atoms with Crippen LogP contribution in [-0.2, 0) is 20.7 Å². The van der Waals surface area contributed by atoms with E-state index in [-0.39, 0.29) is 6.42 Å². The fourth-order valence-electron chi connectivity index (χ4n) is 3.14. The van der Waals surface area contributed by atoms with E-state index in [1.165, 1.54) is 11.8 Å². The van der Waals surface area contributed by atoms with E-state index in [1.807, 2.05) is 48.3 Å². The Bertz CT molecular complexity index is 936. The van der Waals surface area contributed by atoms with Crippen molar-refractivity contribution in [3.05, 3.63) is 47.5 Å². The maximum Gasteiger partial charge on any atom is 0.328 e. The van der Waals surface area contributed by atoms with Crippen LogP contribution in [0, 0.1) is 0 Å². The number of nitrogens with two attached hydrogens (primary N) is 1. The molecule has 28 heavy (non-hydrogen) atoms. The number of hydrogen-bond donors (Lipinski definition) is 2. The van der Waals surface area contributed by atoms with Gasteiger partial charge in [0, 0.05) is 16.8 Å². The molecule has 0 saturated heterocycles. The number of carbonyl (C=O) groups excluding carboxylic acids is 1. The van der Waals surface area contributed by atoms with Gasteiger partial charge in [-0.15, -0.1) is 0 Å². The zero-order valence-corrected chi connectivity index (χ0v) is 17.2. The second-order valence-corrected chi connectivity index (χ2v) is 8.72. The molecule has 0 aromatic heterocycles. The molecule has 2 aromatic rings. The highest BCUT2D eigenvalue weighted by Crippen LogP contribution is 2.51. The summed E-state index contributed by atoms with van der Waals surface area (Å²) in [4.78, 5) is 27.5. The third-order valence-electron chi connectivity index (χ3n) is 4.36. The van der Waals surface area contributed by atoms with Crippen molar-refractivity contribution in [2.75, 3.05) is 11.9 Å². The molecule has 3 rings (SSSR count). The molecule has 0 saturated carbocycles. The molecule has 0 radical (unpaired) electrons. The summed E-state index contributed by atoms with van der Waals surface area (Å²) in [5.41, 5.74) is 8.87. The average Bonchev–Trinajstić information content (AvgIpc) is 2.60. The molecule has 0 fully saturated rings. The number of esters is 1. The number of hydrogen-bond acceptors (Lipinski definition) is 6. The molecule has 1 aliphatic rings. The Morgan fingerprint density at radius 3 is 2.36 bits per heavy atom. The number of benzene rings is 2. The van der Waals surface area contributed by atoms with E-state index in [2.05, 4.69) is 0 Å². The van der Waals surface area contributed by atoms with Gasteiger partial charge < -0.3 is 20.5 Å². The van der Waals surface area contributed by atoms with Crippen LogP contribution < -0.4 is 10.6 Å². The zero-order chi connectivity index (χ0) is 20.6. The molecule has 7 heteroatoms. The van der Waals surface area contributed by atoms with E-state index in [9.17, 15) is 14.7 Å². The summed E-state index contributed by atoms with van der Waals surface area (Å²) in [7, 11) is 1.92. The minimum atomic E-state index is -0.928.